The highest BCUT2D eigenvalue weighted by Gasteiger charge is 2.31. The maximum atomic E-state index is 12.8. The molecule has 8 heteroatoms. The second-order valence-corrected chi connectivity index (χ2v) is 8.51. The van der Waals surface area contributed by atoms with Crippen LogP contribution in [0.15, 0.2) is 59.0 Å². The minimum atomic E-state index is -0.425. The molecule has 1 aromatic heterocycles. The van der Waals surface area contributed by atoms with Gasteiger partial charge in [0, 0.05) is 18.2 Å². The van der Waals surface area contributed by atoms with Gasteiger partial charge in [0.25, 0.3) is 11.1 Å². The lowest BCUT2D eigenvalue weighted by Gasteiger charge is -2.16. The van der Waals surface area contributed by atoms with Crippen molar-refractivity contribution in [3.8, 4) is 11.5 Å². The van der Waals surface area contributed by atoms with E-state index in [4.69, 9.17) is 4.42 Å². The molecule has 7 nitrogen and oxygen atoms in total. The summed E-state index contributed by atoms with van der Waals surface area (Å²) in [5, 5.41) is 1.54. The van der Waals surface area contributed by atoms with Crippen LogP contribution in [0.4, 0.5) is 4.79 Å². The molecule has 1 aliphatic heterocycles. The third kappa shape index (κ3) is 4.69. The fourth-order valence-corrected chi connectivity index (χ4v) is 4.18. The first-order valence-electron chi connectivity index (χ1n) is 9.78. The molecule has 1 aliphatic rings. The van der Waals surface area contributed by atoms with Gasteiger partial charge in [-0.15, -0.1) is 0 Å². The van der Waals surface area contributed by atoms with E-state index in [1.165, 1.54) is 0 Å². The monoisotopic (exact) mass is 435 g/mol. The predicted octanol–water partition coefficient (Wildman–Crippen LogP) is 3.82. The van der Waals surface area contributed by atoms with Crippen LogP contribution in [-0.2, 0) is 17.8 Å². The van der Waals surface area contributed by atoms with Crippen molar-refractivity contribution in [2.45, 2.75) is 25.1 Å². The molecular weight excluding hydrogens is 414 g/mol. The number of hydrogen-bond acceptors (Lipinski definition) is 6. The Morgan fingerprint density at radius 3 is 2.48 bits per heavy atom. The van der Waals surface area contributed by atoms with E-state index in [0.717, 1.165) is 22.9 Å². The van der Waals surface area contributed by atoms with Crippen LogP contribution in [0, 0.1) is 6.92 Å². The summed E-state index contributed by atoms with van der Waals surface area (Å²) >= 11 is 0.996. The minimum absolute atomic E-state index is 0.140. The molecule has 31 heavy (non-hydrogen) atoms. The third-order valence-electron chi connectivity index (χ3n) is 5.04. The number of aromatic nitrogens is 1. The molecule has 0 bridgehead atoms. The van der Waals surface area contributed by atoms with Crippen molar-refractivity contribution in [2.24, 2.45) is 0 Å². The number of nitrogens with one attached hydrogen (secondary N) is 1. The van der Waals surface area contributed by atoms with Crippen LogP contribution < -0.4 is 5.32 Å². The summed E-state index contributed by atoms with van der Waals surface area (Å²) in [7, 11) is 1.72. The molecule has 2 heterocycles. The van der Waals surface area contributed by atoms with Crippen molar-refractivity contribution in [1.29, 1.82) is 0 Å². The predicted molar refractivity (Wildman–Crippen MR) is 118 cm³/mol. The second-order valence-electron chi connectivity index (χ2n) is 7.33. The number of carbonyl (C=O) groups excluding carboxylic acids is 3. The standard InChI is InChI=1S/C23H21N3O4S/c1-14-18(24-21(30-14)16-6-4-3-5-7-16)13-26(2)22(28)17-10-8-15(9-11-17)12-19-20(27)25-23(29)31-19/h3-11,19H,12-13H2,1-2H3,(H,25,27,29). The summed E-state index contributed by atoms with van der Waals surface area (Å²) in [6, 6.07) is 16.7. The van der Waals surface area contributed by atoms with Crippen molar-refractivity contribution in [2.75, 3.05) is 7.05 Å². The van der Waals surface area contributed by atoms with Crippen molar-refractivity contribution in [1.82, 2.24) is 15.2 Å². The normalized spacial score (nSPS) is 15.7. The van der Waals surface area contributed by atoms with Crippen molar-refractivity contribution in [3.63, 3.8) is 0 Å². The Bertz CT molecular complexity index is 1130. The van der Waals surface area contributed by atoms with Crippen molar-refractivity contribution in [3.05, 3.63) is 77.2 Å². The van der Waals surface area contributed by atoms with Crippen LogP contribution in [0.25, 0.3) is 11.5 Å². The maximum Gasteiger partial charge on any atom is 0.286 e. The maximum absolute atomic E-state index is 12.8. The molecule has 3 amide bonds. The third-order valence-corrected chi connectivity index (χ3v) is 6.02. The number of amides is 3. The van der Waals surface area contributed by atoms with Gasteiger partial charge < -0.3 is 9.32 Å². The van der Waals surface area contributed by atoms with Crippen LogP contribution >= 0.6 is 11.8 Å². The molecule has 3 aromatic rings. The molecule has 2 aromatic carbocycles. The Kier molecular flexibility index (Phi) is 5.90. The van der Waals surface area contributed by atoms with E-state index in [0.29, 0.717) is 35.9 Å². The van der Waals surface area contributed by atoms with Crippen molar-refractivity contribution < 1.29 is 18.8 Å². The number of imide groups is 1. The Morgan fingerprint density at radius 1 is 1.13 bits per heavy atom. The lowest BCUT2D eigenvalue weighted by molar-refractivity contribution is -0.118. The molecule has 1 N–H and O–H groups in total. The van der Waals surface area contributed by atoms with Gasteiger partial charge in [-0.3, -0.25) is 19.7 Å². The Labute approximate surface area is 183 Å². The average molecular weight is 436 g/mol. The highest BCUT2D eigenvalue weighted by Crippen LogP contribution is 2.24. The van der Waals surface area contributed by atoms with E-state index >= 15 is 0 Å². The van der Waals surface area contributed by atoms with E-state index in [9.17, 15) is 14.4 Å². The average Bonchev–Trinajstić information content (AvgIpc) is 3.29. The minimum Gasteiger partial charge on any atom is -0.441 e. The first kappa shape index (κ1) is 20.9. The van der Waals surface area contributed by atoms with E-state index in [2.05, 4.69) is 10.3 Å². The molecule has 1 unspecified atom stereocenters. The Hall–Kier alpha value is -3.39. The van der Waals surface area contributed by atoms with Gasteiger partial charge in [0.05, 0.1) is 11.8 Å². The smallest absolute Gasteiger partial charge is 0.286 e. The first-order chi connectivity index (χ1) is 14.9. The quantitative estimate of drug-likeness (QED) is 0.633. The number of thioether (sulfide) groups is 1. The van der Waals surface area contributed by atoms with Crippen molar-refractivity contribution >= 4 is 28.8 Å². The van der Waals surface area contributed by atoms with Gasteiger partial charge in [0.15, 0.2) is 0 Å². The number of oxazole rings is 1. The molecule has 0 spiro atoms. The van der Waals surface area contributed by atoms with Gasteiger partial charge in [0.2, 0.25) is 11.8 Å². The van der Waals surface area contributed by atoms with Gasteiger partial charge in [-0.1, -0.05) is 42.1 Å². The first-order valence-corrected chi connectivity index (χ1v) is 10.7. The fourth-order valence-electron chi connectivity index (χ4n) is 3.32. The fraction of sp³-hybridized carbons (Fsp3) is 0.217. The molecule has 0 aliphatic carbocycles. The van der Waals surface area contributed by atoms with E-state index in [-0.39, 0.29) is 17.1 Å². The largest absolute Gasteiger partial charge is 0.441 e. The Morgan fingerprint density at radius 2 is 1.84 bits per heavy atom. The summed E-state index contributed by atoms with van der Waals surface area (Å²) in [6.45, 7) is 2.16. The van der Waals surface area contributed by atoms with Crippen LogP contribution in [-0.4, -0.2) is 39.2 Å². The molecule has 158 valence electrons. The molecule has 0 saturated carbocycles. The second kappa shape index (κ2) is 8.77. The molecule has 4 rings (SSSR count). The number of nitrogens with zero attached hydrogens (tertiary/aromatic N) is 2. The molecule has 1 fully saturated rings. The zero-order valence-electron chi connectivity index (χ0n) is 17.1. The van der Waals surface area contributed by atoms with Gasteiger partial charge in [-0.2, -0.15) is 0 Å². The summed E-state index contributed by atoms with van der Waals surface area (Å²) < 4.78 is 5.77. The zero-order valence-corrected chi connectivity index (χ0v) is 17.9. The van der Waals surface area contributed by atoms with E-state index in [1.807, 2.05) is 49.4 Å². The van der Waals surface area contributed by atoms with Gasteiger partial charge in [0.1, 0.15) is 11.5 Å². The number of carbonyl (C=O) groups is 3. The number of hydrogen-bond donors (Lipinski definition) is 1. The van der Waals surface area contributed by atoms with E-state index in [1.54, 1.807) is 24.1 Å². The molecular formula is C23H21N3O4S. The number of rotatable bonds is 6. The topological polar surface area (TPSA) is 92.5 Å². The highest BCUT2D eigenvalue weighted by molar-refractivity contribution is 8.15. The van der Waals surface area contributed by atoms with E-state index < -0.39 is 5.25 Å². The van der Waals surface area contributed by atoms with Crippen LogP contribution in [0.1, 0.15) is 27.4 Å². The summed E-state index contributed by atoms with van der Waals surface area (Å²) in [5.74, 6) is 0.799. The summed E-state index contributed by atoms with van der Waals surface area (Å²) in [4.78, 5) is 42.0. The number of aryl methyl sites for hydroxylation is 1. The van der Waals surface area contributed by atoms with Gasteiger partial charge in [-0.05, 0) is 43.2 Å². The van der Waals surface area contributed by atoms with Gasteiger partial charge >= 0.3 is 0 Å². The molecule has 0 radical (unpaired) electrons. The lowest BCUT2D eigenvalue weighted by atomic mass is 10.1. The summed E-state index contributed by atoms with van der Waals surface area (Å²) in [6.07, 6.45) is 0.437. The van der Waals surface area contributed by atoms with Gasteiger partial charge in [-0.25, -0.2) is 4.98 Å². The van der Waals surface area contributed by atoms with Crippen LogP contribution in [0.5, 0.6) is 0 Å². The van der Waals surface area contributed by atoms with Crippen LogP contribution in [0.3, 0.4) is 0 Å². The Balaban J connectivity index is 1.41. The van der Waals surface area contributed by atoms with Crippen LogP contribution in [0.2, 0.25) is 0 Å². The lowest BCUT2D eigenvalue weighted by Crippen LogP contribution is -2.27. The molecule has 1 atom stereocenters. The molecule has 1 saturated heterocycles. The number of benzene rings is 2. The highest BCUT2D eigenvalue weighted by atomic mass is 32.2. The summed E-state index contributed by atoms with van der Waals surface area (Å²) in [5.41, 5.74) is 3.02. The SMILES string of the molecule is Cc1oc(-c2ccccc2)nc1CN(C)C(=O)c1ccc(CC2SC(=O)NC2=O)cc1. The zero-order chi connectivity index (χ0) is 22.0.